The average molecular weight is 434 g/mol. The molecule has 2 aromatic heterocycles. The van der Waals surface area contributed by atoms with Gasteiger partial charge in [-0.15, -0.1) is 0 Å². The normalized spacial score (nSPS) is 14.1. The van der Waals surface area contributed by atoms with Crippen molar-refractivity contribution in [2.45, 2.75) is 18.9 Å². The maximum atomic E-state index is 12.3. The van der Waals surface area contributed by atoms with E-state index in [1.165, 1.54) is 0 Å². The minimum Gasteiger partial charge on any atom is -0.381 e. The van der Waals surface area contributed by atoms with Gasteiger partial charge in [-0.3, -0.25) is 9.78 Å². The Morgan fingerprint density at radius 2 is 1.72 bits per heavy atom. The number of nitrogens with one attached hydrogen (secondary N) is 2. The molecule has 1 saturated heterocycles. The van der Waals surface area contributed by atoms with Crippen LogP contribution in [-0.2, 0) is 4.74 Å². The van der Waals surface area contributed by atoms with Crippen LogP contribution in [0.5, 0.6) is 0 Å². The maximum absolute atomic E-state index is 12.3. The zero-order chi connectivity index (χ0) is 22.5. The molecule has 1 aliphatic rings. The van der Waals surface area contributed by atoms with Crippen LogP contribution in [0.3, 0.4) is 0 Å². The van der Waals surface area contributed by atoms with E-state index in [1.807, 2.05) is 55.4 Å². The fraction of sp³-hybridized carbons (Fsp3) is 0.304. The summed E-state index contributed by atoms with van der Waals surface area (Å²) in [5, 5.41) is 6.70. The average Bonchev–Trinajstić information content (AvgIpc) is 2.80. The first-order valence-corrected chi connectivity index (χ1v) is 10.5. The van der Waals surface area contributed by atoms with Gasteiger partial charge < -0.3 is 26.0 Å². The van der Waals surface area contributed by atoms with Crippen molar-refractivity contribution < 1.29 is 9.53 Å². The molecule has 9 nitrogen and oxygen atoms in total. The summed E-state index contributed by atoms with van der Waals surface area (Å²) in [6.07, 6.45) is 5.09. The van der Waals surface area contributed by atoms with Gasteiger partial charge in [-0.05, 0) is 49.2 Å². The summed E-state index contributed by atoms with van der Waals surface area (Å²) >= 11 is 0. The number of aromatic nitrogens is 3. The van der Waals surface area contributed by atoms with E-state index in [-0.39, 0.29) is 11.7 Å². The predicted octanol–water partition coefficient (Wildman–Crippen LogP) is 3.04. The van der Waals surface area contributed by atoms with Gasteiger partial charge in [0.1, 0.15) is 5.69 Å². The molecule has 3 aromatic rings. The van der Waals surface area contributed by atoms with Gasteiger partial charge >= 0.3 is 0 Å². The predicted molar refractivity (Wildman–Crippen MR) is 125 cm³/mol. The minimum absolute atomic E-state index is 0.0750. The fourth-order valence-electron chi connectivity index (χ4n) is 3.52. The van der Waals surface area contributed by atoms with E-state index in [1.54, 1.807) is 12.4 Å². The van der Waals surface area contributed by atoms with E-state index in [0.29, 0.717) is 30.5 Å². The second kappa shape index (κ2) is 9.61. The molecule has 0 radical (unpaired) electrons. The van der Waals surface area contributed by atoms with Crippen molar-refractivity contribution in [2.75, 3.05) is 42.8 Å². The summed E-state index contributed by atoms with van der Waals surface area (Å²) in [6, 6.07) is 11.7. The highest BCUT2D eigenvalue weighted by Gasteiger charge is 2.22. The van der Waals surface area contributed by atoms with Crippen molar-refractivity contribution in [3.05, 3.63) is 54.5 Å². The molecule has 1 aliphatic heterocycles. The Morgan fingerprint density at radius 1 is 1.03 bits per heavy atom. The van der Waals surface area contributed by atoms with Gasteiger partial charge in [0.25, 0.3) is 5.91 Å². The van der Waals surface area contributed by atoms with Crippen LogP contribution in [0.25, 0.3) is 11.3 Å². The van der Waals surface area contributed by atoms with Crippen molar-refractivity contribution in [1.29, 1.82) is 0 Å². The van der Waals surface area contributed by atoms with Gasteiger partial charge in [-0.1, -0.05) is 0 Å². The number of ether oxygens (including phenoxy) is 1. The first kappa shape index (κ1) is 21.5. The van der Waals surface area contributed by atoms with E-state index >= 15 is 0 Å². The molecular weight excluding hydrogens is 406 g/mol. The minimum atomic E-state index is -0.655. The number of primary amides is 1. The number of hydrogen-bond acceptors (Lipinski definition) is 8. The van der Waals surface area contributed by atoms with Crippen molar-refractivity contribution in [3.8, 4) is 11.3 Å². The van der Waals surface area contributed by atoms with Gasteiger partial charge in [0.05, 0.1) is 0 Å². The molecule has 0 saturated carbocycles. The third-order valence-corrected chi connectivity index (χ3v) is 5.29. The van der Waals surface area contributed by atoms with Gasteiger partial charge in [0, 0.05) is 62.7 Å². The summed E-state index contributed by atoms with van der Waals surface area (Å²) < 4.78 is 5.47. The standard InChI is InChI=1S/C23H27N7O2/c1-30(2)18-5-3-16(4-6-18)26-23-20(21(24)31)28-19(15-7-11-25-12-8-15)22(29-23)27-17-9-13-32-14-10-17/h3-8,11-12,17H,9-10,13-14H2,1-2H3,(H2,24,31)(H2,26,27,29). The van der Waals surface area contributed by atoms with Crippen molar-refractivity contribution >= 4 is 28.9 Å². The number of rotatable bonds is 7. The molecule has 0 bridgehead atoms. The molecule has 0 atom stereocenters. The Hall–Kier alpha value is -3.72. The molecule has 9 heteroatoms. The van der Waals surface area contributed by atoms with Gasteiger partial charge in [-0.25, -0.2) is 9.97 Å². The van der Waals surface area contributed by atoms with Gasteiger partial charge in [0.2, 0.25) is 0 Å². The molecule has 32 heavy (non-hydrogen) atoms. The van der Waals surface area contributed by atoms with Crippen LogP contribution < -0.4 is 21.3 Å². The monoisotopic (exact) mass is 433 g/mol. The molecular formula is C23H27N7O2. The van der Waals surface area contributed by atoms with E-state index < -0.39 is 5.91 Å². The van der Waals surface area contributed by atoms with Crippen LogP contribution in [0.4, 0.5) is 23.0 Å². The van der Waals surface area contributed by atoms with Crippen LogP contribution in [0.15, 0.2) is 48.8 Å². The number of pyridine rings is 1. The van der Waals surface area contributed by atoms with Gasteiger partial charge in [-0.2, -0.15) is 0 Å². The molecule has 1 aromatic carbocycles. The van der Waals surface area contributed by atoms with Crippen molar-refractivity contribution in [1.82, 2.24) is 15.0 Å². The Labute approximate surface area is 187 Å². The quantitative estimate of drug-likeness (QED) is 0.520. The van der Waals surface area contributed by atoms with E-state index in [9.17, 15) is 4.79 Å². The zero-order valence-electron chi connectivity index (χ0n) is 18.2. The Balaban J connectivity index is 1.74. The number of nitrogens with two attached hydrogens (primary N) is 1. The maximum Gasteiger partial charge on any atom is 0.271 e. The molecule has 4 N–H and O–H groups in total. The van der Waals surface area contributed by atoms with E-state index in [2.05, 4.69) is 20.6 Å². The highest BCUT2D eigenvalue weighted by atomic mass is 16.5. The lowest BCUT2D eigenvalue weighted by Crippen LogP contribution is -2.29. The van der Waals surface area contributed by atoms with Crippen molar-refractivity contribution in [3.63, 3.8) is 0 Å². The summed E-state index contributed by atoms with van der Waals surface area (Å²) in [5.41, 5.74) is 8.95. The third-order valence-electron chi connectivity index (χ3n) is 5.29. The Bertz CT molecular complexity index is 1070. The number of carbonyl (C=O) groups excluding carboxylic acids is 1. The smallest absolute Gasteiger partial charge is 0.271 e. The van der Waals surface area contributed by atoms with Crippen molar-refractivity contribution in [2.24, 2.45) is 5.73 Å². The van der Waals surface area contributed by atoms with E-state index in [0.717, 1.165) is 29.8 Å². The third kappa shape index (κ3) is 4.94. The number of carbonyl (C=O) groups is 1. The zero-order valence-corrected chi connectivity index (χ0v) is 18.2. The number of hydrogen-bond donors (Lipinski definition) is 3. The lowest BCUT2D eigenvalue weighted by atomic mass is 10.1. The molecule has 0 spiro atoms. The molecule has 0 aliphatic carbocycles. The molecule has 3 heterocycles. The number of anilines is 4. The Morgan fingerprint density at radius 3 is 2.34 bits per heavy atom. The molecule has 1 amide bonds. The fourth-order valence-corrected chi connectivity index (χ4v) is 3.52. The van der Waals surface area contributed by atoms with Crippen LogP contribution in [0, 0.1) is 0 Å². The molecule has 4 rings (SSSR count). The van der Waals surface area contributed by atoms with E-state index in [4.69, 9.17) is 15.5 Å². The topological polar surface area (TPSA) is 118 Å². The summed E-state index contributed by atoms with van der Waals surface area (Å²) in [7, 11) is 3.95. The summed E-state index contributed by atoms with van der Waals surface area (Å²) in [6.45, 7) is 1.39. The first-order valence-electron chi connectivity index (χ1n) is 10.5. The largest absolute Gasteiger partial charge is 0.381 e. The lowest BCUT2D eigenvalue weighted by molar-refractivity contribution is 0.0904. The molecule has 0 unspecified atom stereocenters. The highest BCUT2D eigenvalue weighted by molar-refractivity contribution is 5.97. The number of nitrogens with zero attached hydrogens (tertiary/aromatic N) is 4. The Kier molecular flexibility index (Phi) is 6.46. The first-order chi connectivity index (χ1) is 15.5. The number of benzene rings is 1. The molecule has 166 valence electrons. The number of amides is 1. The summed E-state index contributed by atoms with van der Waals surface area (Å²) in [4.78, 5) is 27.7. The second-order valence-electron chi connectivity index (χ2n) is 7.82. The van der Waals surface area contributed by atoms with Crippen LogP contribution in [0.2, 0.25) is 0 Å². The van der Waals surface area contributed by atoms with Crippen LogP contribution in [-0.4, -0.2) is 54.2 Å². The lowest BCUT2D eigenvalue weighted by Gasteiger charge is -2.25. The van der Waals surface area contributed by atoms with Crippen LogP contribution in [0.1, 0.15) is 23.3 Å². The SMILES string of the molecule is CN(C)c1ccc(Nc2nc(NC3CCOCC3)c(-c3ccncc3)nc2C(N)=O)cc1. The second-order valence-corrected chi connectivity index (χ2v) is 7.82. The van der Waals surface area contributed by atoms with Crippen LogP contribution >= 0.6 is 0 Å². The summed E-state index contributed by atoms with van der Waals surface area (Å²) in [5.74, 6) is 0.237. The van der Waals surface area contributed by atoms with Gasteiger partial charge in [0.15, 0.2) is 17.3 Å². The highest BCUT2D eigenvalue weighted by Crippen LogP contribution is 2.30. The molecule has 1 fully saturated rings.